The molecule has 1 aliphatic carbocycles. The Balaban J connectivity index is 1.89. The Morgan fingerprint density at radius 2 is 1.75 bits per heavy atom. The van der Waals surface area contributed by atoms with Crippen LogP contribution in [0.25, 0.3) is 0 Å². The summed E-state index contributed by atoms with van der Waals surface area (Å²) in [5, 5.41) is 2.51. The zero-order valence-corrected chi connectivity index (χ0v) is 12.9. The van der Waals surface area contributed by atoms with Gasteiger partial charge in [-0.05, 0) is 31.2 Å². The number of hydrogen-bond acceptors (Lipinski definition) is 1. The Morgan fingerprint density at radius 1 is 1.15 bits per heavy atom. The molecule has 0 heterocycles. The maximum atomic E-state index is 12.2. The van der Waals surface area contributed by atoms with Gasteiger partial charge < -0.3 is 5.32 Å². The van der Waals surface area contributed by atoms with E-state index < -0.39 is 5.38 Å². The highest BCUT2D eigenvalue weighted by Gasteiger charge is 2.24. The minimum Gasteiger partial charge on any atom is -0.352 e. The Hall–Kier alpha value is -1.02. The van der Waals surface area contributed by atoms with Gasteiger partial charge in [0.1, 0.15) is 5.38 Å². The summed E-state index contributed by atoms with van der Waals surface area (Å²) in [5.41, 5.74) is 0.861. The molecule has 2 rings (SSSR count). The molecule has 1 unspecified atom stereocenters. The fraction of sp³-hybridized carbons (Fsp3) is 0.588. The monoisotopic (exact) mass is 293 g/mol. The highest BCUT2D eigenvalue weighted by molar-refractivity contribution is 6.30. The third-order valence-corrected chi connectivity index (χ3v) is 4.75. The summed E-state index contributed by atoms with van der Waals surface area (Å²) < 4.78 is 0. The van der Waals surface area contributed by atoms with Crippen LogP contribution in [0.5, 0.6) is 0 Å². The second-order valence-electron chi connectivity index (χ2n) is 5.82. The van der Waals surface area contributed by atoms with Gasteiger partial charge in [-0.1, -0.05) is 56.0 Å². The van der Waals surface area contributed by atoms with Crippen molar-refractivity contribution in [2.24, 2.45) is 5.92 Å². The number of carbonyl (C=O) groups is 1. The van der Waals surface area contributed by atoms with Gasteiger partial charge in [0.25, 0.3) is 0 Å². The van der Waals surface area contributed by atoms with Gasteiger partial charge in [-0.2, -0.15) is 0 Å². The van der Waals surface area contributed by atoms with E-state index in [0.29, 0.717) is 5.92 Å². The van der Waals surface area contributed by atoms with Crippen molar-refractivity contribution in [2.75, 3.05) is 0 Å². The summed E-state index contributed by atoms with van der Waals surface area (Å²) in [6, 6.07) is 9.75. The van der Waals surface area contributed by atoms with Crippen LogP contribution in [0.3, 0.4) is 0 Å². The fourth-order valence-electron chi connectivity index (χ4n) is 3.00. The average molecular weight is 294 g/mol. The molecule has 1 N–H and O–H groups in total. The number of halogens is 1. The second-order valence-corrected chi connectivity index (χ2v) is 6.26. The van der Waals surface area contributed by atoms with Crippen LogP contribution in [0.15, 0.2) is 30.3 Å². The molecule has 0 aliphatic heterocycles. The molecule has 0 bridgehead atoms. The highest BCUT2D eigenvalue weighted by atomic mass is 35.5. The zero-order chi connectivity index (χ0) is 14.4. The van der Waals surface area contributed by atoms with Gasteiger partial charge in [0.2, 0.25) is 5.91 Å². The van der Waals surface area contributed by atoms with Crippen LogP contribution in [-0.4, -0.2) is 11.9 Å². The molecule has 1 saturated carbocycles. The van der Waals surface area contributed by atoms with Crippen LogP contribution in [0.2, 0.25) is 0 Å². The lowest BCUT2D eigenvalue weighted by atomic mass is 9.93. The van der Waals surface area contributed by atoms with E-state index in [-0.39, 0.29) is 11.9 Å². The SMILES string of the molecule is C[C@H](NC(=O)C(Cl)c1ccccc1)C1CCCCCC1. The summed E-state index contributed by atoms with van der Waals surface area (Å²) in [4.78, 5) is 12.2. The molecule has 0 spiro atoms. The Bertz CT molecular complexity index is 412. The van der Waals surface area contributed by atoms with E-state index in [9.17, 15) is 4.79 Å². The maximum Gasteiger partial charge on any atom is 0.242 e. The first-order valence-electron chi connectivity index (χ1n) is 7.68. The number of amides is 1. The number of hydrogen-bond donors (Lipinski definition) is 1. The molecule has 0 saturated heterocycles. The van der Waals surface area contributed by atoms with Gasteiger partial charge >= 0.3 is 0 Å². The van der Waals surface area contributed by atoms with Crippen LogP contribution >= 0.6 is 11.6 Å². The van der Waals surface area contributed by atoms with Crippen LogP contribution in [0.4, 0.5) is 0 Å². The molecule has 1 aromatic carbocycles. The number of carbonyl (C=O) groups excluding carboxylic acids is 1. The normalized spacial score (nSPS) is 19.9. The van der Waals surface area contributed by atoms with Gasteiger partial charge in [-0.15, -0.1) is 11.6 Å². The van der Waals surface area contributed by atoms with E-state index in [4.69, 9.17) is 11.6 Å². The summed E-state index contributed by atoms with van der Waals surface area (Å²) in [6.07, 6.45) is 7.68. The van der Waals surface area contributed by atoms with Crippen molar-refractivity contribution >= 4 is 17.5 Å². The lowest BCUT2D eigenvalue weighted by Crippen LogP contribution is -2.39. The van der Waals surface area contributed by atoms with Crippen molar-refractivity contribution in [3.05, 3.63) is 35.9 Å². The third-order valence-electron chi connectivity index (χ3n) is 4.30. The largest absolute Gasteiger partial charge is 0.352 e. The molecule has 1 fully saturated rings. The van der Waals surface area contributed by atoms with Gasteiger partial charge in [-0.25, -0.2) is 0 Å². The molecule has 2 atom stereocenters. The van der Waals surface area contributed by atoms with Crippen LogP contribution < -0.4 is 5.32 Å². The molecule has 20 heavy (non-hydrogen) atoms. The molecule has 1 aliphatic rings. The van der Waals surface area contributed by atoms with E-state index in [1.54, 1.807) is 0 Å². The highest BCUT2D eigenvalue weighted by Crippen LogP contribution is 2.26. The van der Waals surface area contributed by atoms with Gasteiger partial charge in [0.15, 0.2) is 0 Å². The first kappa shape index (κ1) is 15.4. The predicted molar refractivity (Wildman–Crippen MR) is 83.8 cm³/mol. The molecule has 2 nitrogen and oxygen atoms in total. The van der Waals surface area contributed by atoms with Crippen LogP contribution in [0.1, 0.15) is 56.4 Å². The lowest BCUT2D eigenvalue weighted by molar-refractivity contribution is -0.121. The third kappa shape index (κ3) is 4.24. The first-order valence-corrected chi connectivity index (χ1v) is 8.11. The van der Waals surface area contributed by atoms with Gasteiger partial charge in [0, 0.05) is 6.04 Å². The Kier molecular flexibility index (Phi) is 5.90. The number of alkyl halides is 1. The molecule has 3 heteroatoms. The lowest BCUT2D eigenvalue weighted by Gasteiger charge is -2.24. The number of benzene rings is 1. The van der Waals surface area contributed by atoms with E-state index >= 15 is 0 Å². The smallest absolute Gasteiger partial charge is 0.242 e. The zero-order valence-electron chi connectivity index (χ0n) is 12.1. The fourth-order valence-corrected chi connectivity index (χ4v) is 3.21. The molecular formula is C17H24ClNO. The second kappa shape index (κ2) is 7.68. The molecule has 1 amide bonds. The average Bonchev–Trinajstić information content (AvgIpc) is 2.76. The maximum absolute atomic E-state index is 12.2. The van der Waals surface area contributed by atoms with Gasteiger partial charge in [0.05, 0.1) is 0 Å². The first-order chi connectivity index (χ1) is 9.68. The van der Waals surface area contributed by atoms with E-state index in [0.717, 1.165) is 5.56 Å². The quantitative estimate of drug-likeness (QED) is 0.645. The van der Waals surface area contributed by atoms with Crippen molar-refractivity contribution in [2.45, 2.75) is 56.9 Å². The van der Waals surface area contributed by atoms with Crippen LogP contribution in [0, 0.1) is 5.92 Å². The van der Waals surface area contributed by atoms with Crippen molar-refractivity contribution in [1.29, 1.82) is 0 Å². The number of rotatable bonds is 4. The topological polar surface area (TPSA) is 29.1 Å². The van der Waals surface area contributed by atoms with Crippen molar-refractivity contribution in [3.8, 4) is 0 Å². The summed E-state index contributed by atoms with van der Waals surface area (Å²) in [5.74, 6) is 0.524. The molecule has 110 valence electrons. The summed E-state index contributed by atoms with van der Waals surface area (Å²) in [7, 11) is 0. The standard InChI is InChI=1S/C17H24ClNO/c1-13(14-9-5-2-3-6-10-14)19-17(20)16(18)15-11-7-4-8-12-15/h4,7-8,11-14,16H,2-3,5-6,9-10H2,1H3,(H,19,20)/t13-,16?/m0/s1. The van der Waals surface area contributed by atoms with Crippen molar-refractivity contribution in [3.63, 3.8) is 0 Å². The minimum atomic E-state index is -0.593. The molecular weight excluding hydrogens is 270 g/mol. The van der Waals surface area contributed by atoms with Crippen molar-refractivity contribution in [1.82, 2.24) is 5.32 Å². The molecule has 0 aromatic heterocycles. The van der Waals surface area contributed by atoms with E-state index in [1.165, 1.54) is 38.5 Å². The molecule has 1 aromatic rings. The number of nitrogens with one attached hydrogen (secondary N) is 1. The van der Waals surface area contributed by atoms with Gasteiger partial charge in [-0.3, -0.25) is 4.79 Å². The van der Waals surface area contributed by atoms with E-state index in [1.807, 2.05) is 30.3 Å². The molecule has 0 radical (unpaired) electrons. The predicted octanol–water partition coefficient (Wildman–Crippen LogP) is 4.44. The van der Waals surface area contributed by atoms with E-state index in [2.05, 4.69) is 12.2 Å². The Morgan fingerprint density at radius 3 is 2.35 bits per heavy atom. The van der Waals surface area contributed by atoms with Crippen LogP contribution in [-0.2, 0) is 4.79 Å². The Labute approximate surface area is 126 Å². The van der Waals surface area contributed by atoms with Crippen molar-refractivity contribution < 1.29 is 4.79 Å². The summed E-state index contributed by atoms with van der Waals surface area (Å²) >= 11 is 6.26. The summed E-state index contributed by atoms with van der Waals surface area (Å²) in [6.45, 7) is 2.11. The minimum absolute atomic E-state index is 0.0744.